The quantitative estimate of drug-likeness (QED) is 0.398. The third kappa shape index (κ3) is 10.0. The van der Waals surface area contributed by atoms with E-state index in [1.54, 1.807) is 5.75 Å². The Hall–Kier alpha value is 0.120. The first kappa shape index (κ1) is 15.6. The van der Waals surface area contributed by atoms with E-state index in [1.165, 1.54) is 11.8 Å². The molecule has 0 amide bonds. The van der Waals surface area contributed by atoms with Crippen LogP contribution in [0.25, 0.3) is 0 Å². The van der Waals surface area contributed by atoms with Crippen LogP contribution in [0.2, 0.25) is 0 Å². The van der Waals surface area contributed by atoms with Gasteiger partial charge < -0.3 is 15.0 Å². The van der Waals surface area contributed by atoms with Crippen molar-refractivity contribution in [2.75, 3.05) is 5.88 Å². The van der Waals surface area contributed by atoms with Crippen molar-refractivity contribution in [3.63, 3.8) is 0 Å². The maximum Gasteiger partial charge on any atom is 0.369 e. The minimum Gasteiger partial charge on any atom is -0.550 e. The molecule has 0 bridgehead atoms. The van der Waals surface area contributed by atoms with E-state index in [9.17, 15) is 4.79 Å². The van der Waals surface area contributed by atoms with Gasteiger partial charge >= 0.3 is 5.97 Å². The molecular formula is C6H9NNaO4S. The van der Waals surface area contributed by atoms with E-state index in [1.807, 2.05) is 0 Å². The molecule has 1 saturated heterocycles. The molecule has 13 heavy (non-hydrogen) atoms. The van der Waals surface area contributed by atoms with Gasteiger partial charge in [0.2, 0.25) is 0 Å². The summed E-state index contributed by atoms with van der Waals surface area (Å²) in [6.07, 6.45) is 0. The van der Waals surface area contributed by atoms with Crippen LogP contribution >= 0.6 is 11.8 Å². The Morgan fingerprint density at radius 2 is 2.15 bits per heavy atom. The molecule has 1 radical (unpaired) electrons. The first-order valence-corrected chi connectivity index (χ1v) is 4.17. The number of carboxylic acids is 2. The molecule has 69 valence electrons. The van der Waals surface area contributed by atoms with Crippen molar-refractivity contribution < 1.29 is 19.8 Å². The molecular weight excluding hydrogens is 205 g/mol. The van der Waals surface area contributed by atoms with Crippen molar-refractivity contribution in [1.82, 2.24) is 5.32 Å². The summed E-state index contributed by atoms with van der Waals surface area (Å²) in [5.41, 5.74) is 0. The van der Waals surface area contributed by atoms with Crippen molar-refractivity contribution in [2.24, 2.45) is 0 Å². The normalized spacial score (nSPS) is 18.7. The summed E-state index contributed by atoms with van der Waals surface area (Å²) in [5.74, 6) is 0.522. The zero-order chi connectivity index (χ0) is 9.56. The predicted molar refractivity (Wildman–Crippen MR) is 47.8 cm³/mol. The molecule has 0 spiro atoms. The van der Waals surface area contributed by atoms with E-state index in [4.69, 9.17) is 15.0 Å². The molecule has 7 heteroatoms. The maximum absolute atomic E-state index is 10.1. The number of hydrogen-bond donors (Lipinski definition) is 2. The Balaban J connectivity index is 0. The van der Waals surface area contributed by atoms with E-state index in [0.29, 0.717) is 0 Å². The smallest absolute Gasteiger partial charge is 0.369 e. The van der Waals surface area contributed by atoms with Gasteiger partial charge in [-0.05, 0) is 6.92 Å². The van der Waals surface area contributed by atoms with E-state index >= 15 is 0 Å². The Kier molecular flexibility index (Phi) is 10.4. The standard InChI is InChI=1S/C4H5NO2S.C2H4O2.Na/c6-4(7)3-1-8-2-5-3;1-2(3)4;/h1,3,5H,2H2;1H3,(H,3,4);. The number of carbonyl (C=O) groups is 2. The van der Waals surface area contributed by atoms with Crippen molar-refractivity contribution in [3.05, 3.63) is 5.75 Å². The Morgan fingerprint density at radius 1 is 1.69 bits per heavy atom. The fraction of sp³-hybridized carbons (Fsp3) is 0.500. The Morgan fingerprint density at radius 3 is 2.31 bits per heavy atom. The number of hydrogen-bond acceptors (Lipinski definition) is 5. The molecule has 1 rings (SSSR count). The van der Waals surface area contributed by atoms with Crippen LogP contribution in [0.5, 0.6) is 0 Å². The predicted octanol–water partition coefficient (Wildman–Crippen LogP) is -1.73. The van der Waals surface area contributed by atoms with Gasteiger partial charge in [-0.3, -0.25) is 5.32 Å². The molecule has 0 aromatic rings. The zero-order valence-corrected chi connectivity index (χ0v) is 10.3. The zero-order valence-electron chi connectivity index (χ0n) is 7.44. The molecule has 1 fully saturated rings. The van der Waals surface area contributed by atoms with Gasteiger partial charge in [-0.1, -0.05) is 0 Å². The van der Waals surface area contributed by atoms with Gasteiger partial charge in [0.05, 0.1) is 17.6 Å². The van der Waals surface area contributed by atoms with Gasteiger partial charge in [-0.15, -0.1) is 0 Å². The van der Waals surface area contributed by atoms with Gasteiger partial charge in [0.15, 0.2) is 5.75 Å². The number of thioether (sulfide) groups is 1. The fourth-order valence-corrected chi connectivity index (χ4v) is 1.25. The van der Waals surface area contributed by atoms with E-state index in [-0.39, 0.29) is 29.6 Å². The van der Waals surface area contributed by atoms with E-state index in [0.717, 1.165) is 12.8 Å². The number of carboxylic acid groups (broad SMARTS) is 2. The molecule has 1 heterocycles. The van der Waals surface area contributed by atoms with Crippen molar-refractivity contribution >= 4 is 53.3 Å². The van der Waals surface area contributed by atoms with Crippen molar-refractivity contribution in [1.29, 1.82) is 0 Å². The molecule has 1 atom stereocenters. The van der Waals surface area contributed by atoms with Crippen LogP contribution in [-0.2, 0) is 9.59 Å². The molecule has 1 aliphatic rings. The fourth-order valence-electron chi connectivity index (χ4n) is 0.476. The molecule has 1 aliphatic heterocycles. The first-order chi connectivity index (χ1) is 5.54. The van der Waals surface area contributed by atoms with Gasteiger partial charge in [-0.25, -0.2) is 4.79 Å². The largest absolute Gasteiger partial charge is 0.550 e. The van der Waals surface area contributed by atoms with Crippen molar-refractivity contribution in [2.45, 2.75) is 13.0 Å². The third-order valence-electron chi connectivity index (χ3n) is 0.885. The number of carbonyl (C=O) groups excluding carboxylic acids is 1. The van der Waals surface area contributed by atoms with Crippen molar-refractivity contribution in [3.8, 4) is 0 Å². The average molecular weight is 214 g/mol. The van der Waals surface area contributed by atoms with Crippen LogP contribution in [0.15, 0.2) is 0 Å². The summed E-state index contributed by atoms with van der Waals surface area (Å²) < 4.78 is 0. The van der Waals surface area contributed by atoms with Gasteiger partial charge in [0, 0.05) is 35.5 Å². The second kappa shape index (κ2) is 8.71. The summed E-state index contributed by atoms with van der Waals surface area (Å²) in [7, 11) is 0. The second-order valence-electron chi connectivity index (χ2n) is 1.96. The number of aliphatic carboxylic acids is 2. The Labute approximate surface area is 103 Å². The SMILES string of the molecule is CC(=O)[O-].O=C(O)C1[CH+]SCN1.[Na]. The number of rotatable bonds is 1. The minimum atomic E-state index is -1.08. The summed E-state index contributed by atoms with van der Waals surface area (Å²) in [6.45, 7) is 0.972. The summed E-state index contributed by atoms with van der Waals surface area (Å²) >= 11 is 1.49. The molecule has 0 aromatic heterocycles. The topological polar surface area (TPSA) is 89.5 Å². The van der Waals surface area contributed by atoms with Gasteiger partial charge in [0.25, 0.3) is 6.04 Å². The average Bonchev–Trinajstić information content (AvgIpc) is 2.34. The molecule has 0 aromatic carbocycles. The van der Waals surface area contributed by atoms with E-state index < -0.39 is 18.0 Å². The summed E-state index contributed by atoms with van der Waals surface area (Å²) in [6, 6.07) is -0.431. The van der Waals surface area contributed by atoms with Gasteiger partial charge in [0.1, 0.15) is 0 Å². The first-order valence-electron chi connectivity index (χ1n) is 3.12. The van der Waals surface area contributed by atoms with E-state index in [2.05, 4.69) is 5.32 Å². The molecule has 5 nitrogen and oxygen atoms in total. The van der Waals surface area contributed by atoms with Crippen LogP contribution in [0.3, 0.4) is 0 Å². The van der Waals surface area contributed by atoms with Crippen LogP contribution in [0, 0.1) is 5.75 Å². The minimum absolute atomic E-state index is 0. The molecule has 0 saturated carbocycles. The Bertz CT molecular complexity index is 168. The summed E-state index contributed by atoms with van der Waals surface area (Å²) in [4.78, 5) is 19.0. The molecule has 1 unspecified atom stereocenters. The third-order valence-corrected chi connectivity index (χ3v) is 1.68. The molecule has 2 N–H and O–H groups in total. The van der Waals surface area contributed by atoms with Crippen LogP contribution in [0.4, 0.5) is 0 Å². The summed E-state index contributed by atoms with van der Waals surface area (Å²) in [5, 5.41) is 20.0. The van der Waals surface area contributed by atoms with Crippen LogP contribution in [-0.4, -0.2) is 58.5 Å². The van der Waals surface area contributed by atoms with Crippen LogP contribution in [0.1, 0.15) is 6.92 Å². The van der Waals surface area contributed by atoms with Crippen LogP contribution < -0.4 is 10.4 Å². The maximum atomic E-state index is 10.1. The monoisotopic (exact) mass is 214 g/mol. The van der Waals surface area contributed by atoms with Gasteiger partial charge in [-0.2, -0.15) is 0 Å². The molecule has 0 aliphatic carbocycles. The second-order valence-corrected chi connectivity index (χ2v) is 2.85. The number of nitrogens with one attached hydrogen (secondary N) is 1.